The van der Waals surface area contributed by atoms with Crippen LogP contribution in [0.3, 0.4) is 0 Å². The third-order valence-corrected chi connectivity index (χ3v) is 13.3. The van der Waals surface area contributed by atoms with Crippen LogP contribution in [0.2, 0.25) is 20.1 Å². The summed E-state index contributed by atoms with van der Waals surface area (Å²) in [6.07, 6.45) is -3.68. The summed E-state index contributed by atoms with van der Waals surface area (Å²) in [4.78, 5) is 60.0. The number of benzene rings is 2. The molecule has 0 aliphatic carbocycles. The molecule has 2 aromatic carbocycles. The van der Waals surface area contributed by atoms with Gasteiger partial charge in [0.1, 0.15) is 11.4 Å². The first-order valence-corrected chi connectivity index (χ1v) is 24.8. The molecule has 0 bridgehead atoms. The van der Waals surface area contributed by atoms with Gasteiger partial charge in [0.25, 0.3) is 23.6 Å². The summed E-state index contributed by atoms with van der Waals surface area (Å²) in [7, 11) is -1.19. The van der Waals surface area contributed by atoms with Crippen LogP contribution in [-0.2, 0) is 23.2 Å². The van der Waals surface area contributed by atoms with Gasteiger partial charge in [-0.3, -0.25) is 23.4 Å². The lowest BCUT2D eigenvalue weighted by Crippen LogP contribution is -2.33. The first-order valence-electron chi connectivity index (χ1n) is 20.4. The van der Waals surface area contributed by atoms with Gasteiger partial charge in [0.15, 0.2) is 23.0 Å². The number of nitrogens with zero attached hydrogens (tertiary/aromatic N) is 6. The fourth-order valence-corrected chi connectivity index (χ4v) is 7.66. The standard InChI is InChI=1S/C22H20Cl2F3N5O3S.C22H20Cl2F3N5O2S/c1-11-7-13(23)8-14(20(33)29-10-12(2)36(3)35)18(11)30-21(34)16-9-17(22(25,26)27)31-32(16)19-15(24)5-4-6-28-19;1-11-7-13(23)8-14(20(33)29-10-12(2)35-3)18(11)30-21(34)16-9-17(22(25,26)27)31-32(16)19-15(24)5-4-6-28-19/h4-9,12H,10H2,1-3H3,(H,29,33)(H,30,34);4-9,12H,10H2,1-3H3,(H,29,33)(H,30,34). The molecule has 0 aliphatic heterocycles. The second-order valence-corrected chi connectivity index (χ2v) is 20.0. The second-order valence-electron chi connectivity index (χ2n) is 15.2. The van der Waals surface area contributed by atoms with Crippen molar-refractivity contribution >= 4 is 104 Å². The molecule has 4 heterocycles. The summed E-state index contributed by atoms with van der Waals surface area (Å²) in [5.74, 6) is -3.41. The molecule has 15 nitrogen and oxygen atoms in total. The van der Waals surface area contributed by atoms with Crippen molar-refractivity contribution in [2.24, 2.45) is 0 Å². The molecule has 3 unspecified atom stereocenters. The van der Waals surface area contributed by atoms with Crippen molar-refractivity contribution in [3.8, 4) is 11.6 Å². The third kappa shape index (κ3) is 14.2. The van der Waals surface area contributed by atoms with Crippen LogP contribution in [-0.4, -0.2) is 93.5 Å². The zero-order valence-corrected chi connectivity index (χ0v) is 42.5. The molecule has 0 spiro atoms. The minimum atomic E-state index is -4.85. The Morgan fingerprint density at radius 2 is 1.06 bits per heavy atom. The van der Waals surface area contributed by atoms with Gasteiger partial charge in [-0.25, -0.2) is 19.3 Å². The van der Waals surface area contributed by atoms with E-state index in [0.717, 1.165) is 0 Å². The number of anilines is 2. The maximum atomic E-state index is 13.4. The second kappa shape index (κ2) is 23.7. The summed E-state index contributed by atoms with van der Waals surface area (Å²) in [6.45, 7) is 7.23. The number of rotatable bonds is 14. The average molecular weight is 1110 g/mol. The molecule has 0 aliphatic rings. The third-order valence-electron chi connectivity index (χ3n) is 9.98. The van der Waals surface area contributed by atoms with Crippen LogP contribution in [0.4, 0.5) is 37.7 Å². The Balaban J connectivity index is 0.000000264. The highest BCUT2D eigenvalue weighted by Crippen LogP contribution is 2.34. The minimum absolute atomic E-state index is 0.0102. The van der Waals surface area contributed by atoms with E-state index in [1.807, 2.05) is 13.2 Å². The van der Waals surface area contributed by atoms with Crippen molar-refractivity contribution in [2.75, 3.05) is 36.2 Å². The van der Waals surface area contributed by atoms with Gasteiger partial charge < -0.3 is 21.3 Å². The molecule has 4 amide bonds. The van der Waals surface area contributed by atoms with Crippen LogP contribution < -0.4 is 21.3 Å². The number of alkyl halides is 6. The molecular weight excluding hydrogens is 1070 g/mol. The molecule has 0 saturated heterocycles. The average Bonchev–Trinajstić information content (AvgIpc) is 3.96. The van der Waals surface area contributed by atoms with E-state index in [-0.39, 0.29) is 71.3 Å². The summed E-state index contributed by atoms with van der Waals surface area (Å²) in [6, 6.07) is 12.6. The lowest BCUT2D eigenvalue weighted by molar-refractivity contribution is -0.142. The Kier molecular flexibility index (Phi) is 18.7. The number of thioether (sulfide) groups is 1. The monoisotopic (exact) mass is 1110 g/mol. The fraction of sp³-hybridized carbons (Fsp3) is 0.273. The number of carbonyl (C=O) groups excluding carboxylic acids is 4. The van der Waals surface area contributed by atoms with Crippen LogP contribution >= 0.6 is 58.2 Å². The smallest absolute Gasteiger partial charge is 0.351 e. The van der Waals surface area contributed by atoms with Crippen molar-refractivity contribution in [3.63, 3.8) is 0 Å². The zero-order chi connectivity index (χ0) is 52.7. The molecular formula is C44H40Cl4F6N10O5S2. The van der Waals surface area contributed by atoms with Gasteiger partial charge in [0, 0.05) is 75.2 Å². The van der Waals surface area contributed by atoms with Crippen molar-refractivity contribution in [1.29, 1.82) is 0 Å². The number of aryl methyl sites for hydroxylation is 2. The molecule has 378 valence electrons. The van der Waals surface area contributed by atoms with Crippen LogP contribution in [0, 0.1) is 13.8 Å². The minimum Gasteiger partial charge on any atom is -0.351 e. The maximum Gasteiger partial charge on any atom is 0.435 e. The number of aromatic nitrogens is 6. The van der Waals surface area contributed by atoms with Gasteiger partial charge in [0.05, 0.1) is 32.5 Å². The SMILES string of the molecule is CSC(C)CNC(=O)c1cc(Cl)cc(C)c1NC(=O)c1cc(C(F)(F)F)nn1-c1ncccc1Cl.Cc1cc(Cl)cc(C(=O)NCC(C)S(C)=O)c1NC(=O)c1cc(C(F)(F)F)nn1-c1ncccc1Cl. The summed E-state index contributed by atoms with van der Waals surface area (Å²) in [5.41, 5.74) is -2.65. The Hall–Kier alpha value is -5.72. The van der Waals surface area contributed by atoms with E-state index < -0.39 is 69.6 Å². The van der Waals surface area contributed by atoms with Gasteiger partial charge in [-0.05, 0) is 86.7 Å². The zero-order valence-electron chi connectivity index (χ0n) is 37.8. The molecule has 6 rings (SSSR count). The van der Waals surface area contributed by atoms with Crippen LogP contribution in [0.25, 0.3) is 11.6 Å². The van der Waals surface area contributed by atoms with Crippen molar-refractivity contribution < 1.29 is 49.7 Å². The molecule has 4 aromatic heterocycles. The van der Waals surface area contributed by atoms with Crippen molar-refractivity contribution in [3.05, 3.63) is 138 Å². The molecule has 27 heteroatoms. The summed E-state index contributed by atoms with van der Waals surface area (Å²) >= 11 is 26.0. The summed E-state index contributed by atoms with van der Waals surface area (Å²) in [5, 5.41) is 17.6. The molecule has 4 N–H and O–H groups in total. The van der Waals surface area contributed by atoms with E-state index in [1.54, 1.807) is 32.5 Å². The lowest BCUT2D eigenvalue weighted by atomic mass is 10.1. The number of nitrogens with one attached hydrogen (secondary N) is 4. The van der Waals surface area contributed by atoms with Gasteiger partial charge in [0.2, 0.25) is 0 Å². The Morgan fingerprint density at radius 1 is 0.662 bits per heavy atom. The Morgan fingerprint density at radius 3 is 1.41 bits per heavy atom. The number of halogens is 10. The number of hydrogen-bond donors (Lipinski definition) is 4. The fourth-order valence-electron chi connectivity index (χ4n) is 6.15. The van der Waals surface area contributed by atoms with E-state index in [4.69, 9.17) is 46.4 Å². The molecule has 6 aromatic rings. The largest absolute Gasteiger partial charge is 0.435 e. The lowest BCUT2D eigenvalue weighted by Gasteiger charge is -2.16. The first kappa shape index (κ1) is 56.2. The number of carbonyl (C=O) groups is 4. The van der Waals surface area contributed by atoms with E-state index in [1.165, 1.54) is 67.2 Å². The van der Waals surface area contributed by atoms with Crippen LogP contribution in [0.5, 0.6) is 0 Å². The maximum absolute atomic E-state index is 13.4. The summed E-state index contributed by atoms with van der Waals surface area (Å²) < 4.78 is 93.5. The first-order chi connectivity index (χ1) is 33.2. The number of hydrogen-bond acceptors (Lipinski definition) is 10. The van der Waals surface area contributed by atoms with E-state index in [2.05, 4.69) is 41.4 Å². The Bertz CT molecular complexity index is 3010. The molecule has 3 atom stereocenters. The predicted octanol–water partition coefficient (Wildman–Crippen LogP) is 10.3. The normalized spacial score (nSPS) is 12.8. The van der Waals surface area contributed by atoms with Crippen molar-refractivity contribution in [2.45, 2.75) is 50.5 Å². The highest BCUT2D eigenvalue weighted by Gasteiger charge is 2.38. The van der Waals surface area contributed by atoms with Gasteiger partial charge in [-0.2, -0.15) is 48.3 Å². The highest BCUT2D eigenvalue weighted by atomic mass is 35.5. The highest BCUT2D eigenvalue weighted by molar-refractivity contribution is 7.99. The molecule has 0 saturated carbocycles. The van der Waals surface area contributed by atoms with Crippen molar-refractivity contribution in [1.82, 2.24) is 40.2 Å². The Labute approximate surface area is 428 Å². The van der Waals surface area contributed by atoms with E-state index in [9.17, 15) is 49.7 Å². The van der Waals surface area contributed by atoms with Crippen LogP contribution in [0.15, 0.2) is 73.1 Å². The van der Waals surface area contributed by atoms with Gasteiger partial charge >= 0.3 is 12.4 Å². The van der Waals surface area contributed by atoms with E-state index in [0.29, 0.717) is 39.2 Å². The molecule has 0 radical (unpaired) electrons. The predicted molar refractivity (Wildman–Crippen MR) is 262 cm³/mol. The number of amides is 4. The topological polar surface area (TPSA) is 195 Å². The quantitative estimate of drug-likeness (QED) is 0.0763. The molecule has 71 heavy (non-hydrogen) atoms. The van der Waals surface area contributed by atoms with Crippen LogP contribution in [0.1, 0.15) is 78.1 Å². The van der Waals surface area contributed by atoms with Gasteiger partial charge in [-0.15, -0.1) is 0 Å². The number of pyridine rings is 2. The van der Waals surface area contributed by atoms with E-state index >= 15 is 0 Å². The molecule has 0 fully saturated rings. The van der Waals surface area contributed by atoms with Gasteiger partial charge in [-0.1, -0.05) is 53.3 Å².